The molecule has 0 N–H and O–H groups in total. The van der Waals surface area contributed by atoms with Gasteiger partial charge in [0.1, 0.15) is 0 Å². The van der Waals surface area contributed by atoms with Crippen LogP contribution in [0.1, 0.15) is 5.82 Å². The van der Waals surface area contributed by atoms with Crippen LogP contribution in [0.15, 0.2) is 0 Å². The Morgan fingerprint density at radius 3 is 1.77 bits per heavy atom. The van der Waals surface area contributed by atoms with Crippen LogP contribution in [0.25, 0.3) is 0 Å². The highest BCUT2D eigenvalue weighted by atomic mass is 19.4. The first kappa shape index (κ1) is 9.74. The number of rotatable bonds is 0. The summed E-state index contributed by atoms with van der Waals surface area (Å²) in [5.41, 5.74) is 0. The molecule has 0 saturated heterocycles. The summed E-state index contributed by atoms with van der Waals surface area (Å²) < 4.78 is 69.8. The maximum absolute atomic E-state index is 11.6. The van der Waals surface area contributed by atoms with Crippen LogP contribution < -0.4 is 0 Å². The van der Waals surface area contributed by atoms with Crippen molar-refractivity contribution in [1.82, 2.24) is 20.2 Å². The number of hydrogen-bond donors (Lipinski definition) is 0. The van der Waals surface area contributed by atoms with Gasteiger partial charge in [0.05, 0.1) is 0 Å². The molecule has 0 radical (unpaired) electrons. The molecule has 0 amide bonds. The van der Waals surface area contributed by atoms with E-state index in [1.165, 1.54) is 0 Å². The fraction of sp³-hybridized carbons (Fsp3) is 0.667. The molecule has 1 aromatic rings. The summed E-state index contributed by atoms with van der Waals surface area (Å²) in [5, 5.41) is 6.47. The highest BCUT2D eigenvalue weighted by molar-refractivity contribution is 4.83. The van der Waals surface area contributed by atoms with Crippen LogP contribution in [-0.4, -0.2) is 20.2 Å². The smallest absolute Gasteiger partial charge is 0.163 e. The Kier molecular flexibility index (Phi) is 1.92. The van der Waals surface area contributed by atoms with Gasteiger partial charge in [-0.05, 0) is 5.21 Å². The van der Waals surface area contributed by atoms with E-state index in [1.807, 2.05) is 0 Å². The van der Waals surface area contributed by atoms with Gasteiger partial charge in [0.2, 0.25) is 0 Å². The first-order valence-electron chi connectivity index (χ1n) is 2.65. The SMILES string of the molecule is FC(F)(F)c1nnn(C(F)(F)F)n1. The van der Waals surface area contributed by atoms with Crippen molar-refractivity contribution in [2.24, 2.45) is 0 Å². The van der Waals surface area contributed by atoms with E-state index in [0.717, 1.165) is 0 Å². The molecule has 0 atom stereocenters. The standard InChI is InChI=1S/C3F6N4/c4-2(5,6)1-10-12-13(11-1)3(7,8)9. The molecule has 0 fully saturated rings. The molecule has 74 valence electrons. The third-order valence-corrected chi connectivity index (χ3v) is 0.894. The summed E-state index contributed by atoms with van der Waals surface area (Å²) in [7, 11) is 0. The first-order chi connectivity index (χ1) is 5.71. The number of tetrazole rings is 1. The minimum Gasteiger partial charge on any atom is -0.163 e. The summed E-state index contributed by atoms with van der Waals surface area (Å²) in [6.07, 6.45) is -10.1. The van der Waals surface area contributed by atoms with E-state index in [2.05, 4.69) is 15.4 Å². The van der Waals surface area contributed by atoms with Crippen molar-refractivity contribution in [3.05, 3.63) is 5.82 Å². The van der Waals surface area contributed by atoms with Gasteiger partial charge < -0.3 is 0 Å². The summed E-state index contributed by atoms with van der Waals surface area (Å²) >= 11 is 0. The van der Waals surface area contributed by atoms with Crippen LogP contribution in [0.5, 0.6) is 0 Å². The molecule has 0 aromatic carbocycles. The van der Waals surface area contributed by atoms with E-state index in [4.69, 9.17) is 0 Å². The molecule has 1 aromatic heterocycles. The Morgan fingerprint density at radius 2 is 1.54 bits per heavy atom. The number of alkyl halides is 6. The zero-order chi connectivity index (χ0) is 10.3. The van der Waals surface area contributed by atoms with Gasteiger partial charge in [-0.1, -0.05) is 4.80 Å². The van der Waals surface area contributed by atoms with Gasteiger partial charge in [-0.3, -0.25) is 0 Å². The lowest BCUT2D eigenvalue weighted by Crippen LogP contribution is -2.20. The van der Waals surface area contributed by atoms with Crippen LogP contribution >= 0.6 is 0 Å². The monoisotopic (exact) mass is 206 g/mol. The van der Waals surface area contributed by atoms with E-state index < -0.39 is 23.1 Å². The zero-order valence-corrected chi connectivity index (χ0v) is 5.56. The molecule has 0 spiro atoms. The maximum atomic E-state index is 11.6. The van der Waals surface area contributed by atoms with E-state index in [0.29, 0.717) is 0 Å². The third kappa shape index (κ3) is 2.06. The van der Waals surface area contributed by atoms with Crippen LogP contribution in [0, 0.1) is 0 Å². The predicted octanol–water partition coefficient (Wildman–Crippen LogP) is 1.17. The Bertz CT molecular complexity index is 267. The molecule has 0 bridgehead atoms. The normalized spacial score (nSPS) is 13.4. The lowest BCUT2D eigenvalue weighted by Gasteiger charge is -2.01. The molecule has 1 heterocycles. The Balaban J connectivity index is 3.01. The average Bonchev–Trinajstić information content (AvgIpc) is 2.28. The number of nitrogens with zero attached hydrogens (tertiary/aromatic N) is 4. The van der Waals surface area contributed by atoms with Crippen molar-refractivity contribution in [3.63, 3.8) is 0 Å². The fourth-order valence-corrected chi connectivity index (χ4v) is 0.435. The Hall–Kier alpha value is -1.35. The number of hydrogen-bond acceptors (Lipinski definition) is 3. The van der Waals surface area contributed by atoms with Crippen molar-refractivity contribution in [2.75, 3.05) is 0 Å². The summed E-state index contributed by atoms with van der Waals surface area (Å²) in [4.78, 5) is -1.06. The van der Waals surface area contributed by atoms with Crippen molar-refractivity contribution in [2.45, 2.75) is 12.5 Å². The van der Waals surface area contributed by atoms with E-state index in [1.54, 1.807) is 0 Å². The minimum atomic E-state index is -5.09. The highest BCUT2D eigenvalue weighted by Gasteiger charge is 2.41. The van der Waals surface area contributed by atoms with Crippen molar-refractivity contribution >= 4 is 0 Å². The lowest BCUT2D eigenvalue weighted by atomic mass is 10.6. The van der Waals surface area contributed by atoms with Gasteiger partial charge in [0.25, 0.3) is 5.82 Å². The van der Waals surface area contributed by atoms with Crippen LogP contribution in [0.4, 0.5) is 26.3 Å². The second-order valence-electron chi connectivity index (χ2n) is 1.87. The van der Waals surface area contributed by atoms with Crippen molar-refractivity contribution in [1.29, 1.82) is 0 Å². The van der Waals surface area contributed by atoms with Gasteiger partial charge in [-0.15, -0.1) is 23.4 Å². The van der Waals surface area contributed by atoms with Crippen molar-refractivity contribution < 1.29 is 26.3 Å². The molecule has 4 nitrogen and oxygen atoms in total. The van der Waals surface area contributed by atoms with Crippen LogP contribution in [-0.2, 0) is 12.5 Å². The largest absolute Gasteiger partial charge is 0.522 e. The predicted molar refractivity (Wildman–Crippen MR) is 24.1 cm³/mol. The number of halogens is 6. The van der Waals surface area contributed by atoms with Crippen molar-refractivity contribution in [3.8, 4) is 0 Å². The molecule has 13 heavy (non-hydrogen) atoms. The molecule has 0 aliphatic heterocycles. The molecule has 10 heteroatoms. The fourth-order valence-electron chi connectivity index (χ4n) is 0.435. The summed E-state index contributed by atoms with van der Waals surface area (Å²) in [6.45, 7) is 0. The maximum Gasteiger partial charge on any atom is 0.522 e. The van der Waals surface area contributed by atoms with E-state index in [9.17, 15) is 26.3 Å². The second kappa shape index (κ2) is 2.57. The Morgan fingerprint density at radius 1 is 1.00 bits per heavy atom. The minimum absolute atomic E-state index is 1.06. The third-order valence-electron chi connectivity index (χ3n) is 0.894. The molecule has 0 saturated carbocycles. The molecule has 0 aliphatic rings. The second-order valence-corrected chi connectivity index (χ2v) is 1.87. The van der Waals surface area contributed by atoms with Crippen LogP contribution in [0.3, 0.4) is 0 Å². The molecule has 0 aliphatic carbocycles. The summed E-state index contributed by atoms with van der Waals surface area (Å²) in [5.74, 6) is -1.93. The topological polar surface area (TPSA) is 43.6 Å². The highest BCUT2D eigenvalue weighted by Crippen LogP contribution is 2.26. The van der Waals surface area contributed by atoms with Gasteiger partial charge in [-0.2, -0.15) is 13.2 Å². The van der Waals surface area contributed by atoms with E-state index >= 15 is 0 Å². The van der Waals surface area contributed by atoms with Gasteiger partial charge in [0, 0.05) is 0 Å². The quantitative estimate of drug-likeness (QED) is 0.598. The lowest BCUT2D eigenvalue weighted by molar-refractivity contribution is -0.223. The van der Waals surface area contributed by atoms with Gasteiger partial charge >= 0.3 is 12.5 Å². The number of aromatic nitrogens is 4. The molecular weight excluding hydrogens is 206 g/mol. The summed E-state index contributed by atoms with van der Waals surface area (Å²) in [6, 6.07) is 0. The molecule has 1 rings (SSSR count). The average molecular weight is 206 g/mol. The Labute approximate surface area is 66.1 Å². The van der Waals surface area contributed by atoms with Gasteiger partial charge in [0.15, 0.2) is 0 Å². The van der Waals surface area contributed by atoms with E-state index in [-0.39, 0.29) is 0 Å². The van der Waals surface area contributed by atoms with Crippen LogP contribution in [0.2, 0.25) is 0 Å². The zero-order valence-electron chi connectivity index (χ0n) is 5.56. The molecular formula is C3F6N4. The first-order valence-corrected chi connectivity index (χ1v) is 2.65. The molecule has 0 unspecified atom stereocenters. The van der Waals surface area contributed by atoms with Gasteiger partial charge in [-0.25, -0.2) is 0 Å².